The summed E-state index contributed by atoms with van der Waals surface area (Å²) in [6, 6.07) is 2.71. The molecule has 0 fully saturated rings. The molecule has 7 heteroatoms. The minimum atomic E-state index is -3.50. The first-order valence-corrected chi connectivity index (χ1v) is 7.49. The lowest BCUT2D eigenvalue weighted by Crippen LogP contribution is -2.09. The first kappa shape index (κ1) is 14.4. The molecule has 0 spiro atoms. The molecular formula is C10H13Cl2NO3S. The van der Waals surface area contributed by atoms with Crippen LogP contribution in [-0.4, -0.2) is 26.7 Å². The Hall–Kier alpha value is -0.650. The quantitative estimate of drug-likeness (QED) is 0.669. The van der Waals surface area contributed by atoms with Gasteiger partial charge >= 0.3 is 0 Å². The molecule has 0 saturated heterocycles. The van der Waals surface area contributed by atoms with Gasteiger partial charge in [0.15, 0.2) is 9.84 Å². The molecule has 1 rings (SSSR count). The van der Waals surface area contributed by atoms with Crippen LogP contribution in [0.1, 0.15) is 6.92 Å². The van der Waals surface area contributed by atoms with Crippen LogP contribution in [0.4, 0.5) is 5.69 Å². The van der Waals surface area contributed by atoms with Crippen LogP contribution >= 0.6 is 23.2 Å². The molecular weight excluding hydrogens is 285 g/mol. The van der Waals surface area contributed by atoms with Crippen molar-refractivity contribution >= 4 is 38.7 Å². The number of alkyl halides is 1. The van der Waals surface area contributed by atoms with Gasteiger partial charge in [0.1, 0.15) is 5.75 Å². The van der Waals surface area contributed by atoms with Crippen LogP contribution in [0.2, 0.25) is 5.02 Å². The van der Waals surface area contributed by atoms with Crippen LogP contribution in [0, 0.1) is 0 Å². The minimum Gasteiger partial charge on any atom is -0.492 e. The maximum Gasteiger partial charge on any atom is 0.181 e. The van der Waals surface area contributed by atoms with Gasteiger partial charge in [-0.3, -0.25) is 0 Å². The van der Waals surface area contributed by atoms with E-state index in [1.165, 1.54) is 12.1 Å². The molecule has 17 heavy (non-hydrogen) atoms. The van der Waals surface area contributed by atoms with Crippen molar-refractivity contribution in [1.29, 1.82) is 0 Å². The molecule has 0 aliphatic heterocycles. The molecule has 4 nitrogen and oxygen atoms in total. The molecule has 0 atom stereocenters. The first-order chi connectivity index (χ1) is 7.92. The Kier molecular flexibility index (Phi) is 4.91. The standard InChI is InChI=1S/C10H13Cl2NO3S/c1-2-16-9-6-10(7(12)5-8(9)13)17(14,15)4-3-11/h5-6H,2-4,13H2,1H3. The van der Waals surface area contributed by atoms with Gasteiger partial charge in [0.2, 0.25) is 0 Å². The average Bonchev–Trinajstić information content (AvgIpc) is 2.21. The topological polar surface area (TPSA) is 69.4 Å². The summed E-state index contributed by atoms with van der Waals surface area (Å²) in [7, 11) is -3.50. The normalized spacial score (nSPS) is 11.5. The van der Waals surface area contributed by atoms with Crippen LogP contribution in [-0.2, 0) is 9.84 Å². The van der Waals surface area contributed by atoms with E-state index in [0.29, 0.717) is 18.0 Å². The highest BCUT2D eigenvalue weighted by Crippen LogP contribution is 2.32. The minimum absolute atomic E-state index is 0.00235. The van der Waals surface area contributed by atoms with E-state index in [1.807, 2.05) is 0 Å². The Morgan fingerprint density at radius 3 is 2.59 bits per heavy atom. The monoisotopic (exact) mass is 297 g/mol. The molecule has 0 aliphatic carbocycles. The van der Waals surface area contributed by atoms with Gasteiger partial charge < -0.3 is 10.5 Å². The van der Waals surface area contributed by atoms with Gasteiger partial charge in [0.25, 0.3) is 0 Å². The van der Waals surface area contributed by atoms with Crippen molar-refractivity contribution in [3.8, 4) is 5.75 Å². The van der Waals surface area contributed by atoms with Crippen LogP contribution in [0.15, 0.2) is 17.0 Å². The summed E-state index contributed by atoms with van der Waals surface area (Å²) in [5, 5.41) is 0.0797. The number of anilines is 1. The molecule has 1 aromatic carbocycles. The fourth-order valence-corrected chi connectivity index (χ4v) is 3.48. The zero-order chi connectivity index (χ0) is 13.1. The van der Waals surface area contributed by atoms with Crippen molar-refractivity contribution in [2.75, 3.05) is 24.0 Å². The highest BCUT2D eigenvalue weighted by atomic mass is 35.5. The molecule has 0 aromatic heterocycles. The van der Waals surface area contributed by atoms with Gasteiger partial charge in [-0.2, -0.15) is 0 Å². The summed E-state index contributed by atoms with van der Waals surface area (Å²) in [5.74, 6) is 0.140. The second-order valence-electron chi connectivity index (χ2n) is 3.26. The second-order valence-corrected chi connectivity index (χ2v) is 6.12. The van der Waals surface area contributed by atoms with E-state index in [2.05, 4.69) is 0 Å². The largest absolute Gasteiger partial charge is 0.492 e. The van der Waals surface area contributed by atoms with Gasteiger partial charge in [-0.1, -0.05) is 11.6 Å². The van der Waals surface area contributed by atoms with Gasteiger partial charge in [0, 0.05) is 11.9 Å². The van der Waals surface area contributed by atoms with Gasteiger partial charge in [0.05, 0.1) is 28.0 Å². The van der Waals surface area contributed by atoms with Gasteiger partial charge in [-0.25, -0.2) is 8.42 Å². The predicted molar refractivity (Wildman–Crippen MR) is 69.8 cm³/mol. The molecule has 0 radical (unpaired) electrons. The van der Waals surface area contributed by atoms with E-state index in [9.17, 15) is 8.42 Å². The van der Waals surface area contributed by atoms with Crippen molar-refractivity contribution in [2.24, 2.45) is 0 Å². The lowest BCUT2D eigenvalue weighted by atomic mass is 10.3. The first-order valence-electron chi connectivity index (χ1n) is 4.93. The summed E-state index contributed by atoms with van der Waals surface area (Å²) < 4.78 is 28.9. The van der Waals surface area contributed by atoms with Gasteiger partial charge in [-0.15, -0.1) is 11.6 Å². The van der Waals surface area contributed by atoms with E-state index >= 15 is 0 Å². The maximum atomic E-state index is 11.9. The lowest BCUT2D eigenvalue weighted by molar-refractivity contribution is 0.341. The van der Waals surface area contributed by atoms with Crippen LogP contribution in [0.25, 0.3) is 0 Å². The van der Waals surface area contributed by atoms with Crippen molar-refractivity contribution < 1.29 is 13.2 Å². The Labute approximate surface area is 111 Å². The fraction of sp³-hybridized carbons (Fsp3) is 0.400. The second kappa shape index (κ2) is 5.80. The number of ether oxygens (including phenoxy) is 1. The summed E-state index contributed by atoms with van der Waals surface area (Å²) in [5.41, 5.74) is 5.97. The number of nitrogen functional groups attached to an aromatic ring is 1. The van der Waals surface area contributed by atoms with Crippen LogP contribution in [0.3, 0.4) is 0 Å². The zero-order valence-corrected chi connectivity index (χ0v) is 11.6. The number of sulfone groups is 1. The molecule has 0 saturated carbocycles. The van der Waals surface area contributed by atoms with Crippen molar-refractivity contribution in [2.45, 2.75) is 11.8 Å². The Morgan fingerprint density at radius 1 is 1.41 bits per heavy atom. The van der Waals surface area contributed by atoms with Crippen molar-refractivity contribution in [3.63, 3.8) is 0 Å². The summed E-state index contributed by atoms with van der Waals surface area (Å²) in [6.45, 7) is 2.17. The predicted octanol–water partition coefficient (Wildman–Crippen LogP) is 2.33. The summed E-state index contributed by atoms with van der Waals surface area (Å²) in [4.78, 5) is -0.00235. The van der Waals surface area contributed by atoms with E-state index in [0.717, 1.165) is 0 Å². The molecule has 2 N–H and O–H groups in total. The van der Waals surface area contributed by atoms with Crippen LogP contribution in [0.5, 0.6) is 5.75 Å². The molecule has 96 valence electrons. The number of rotatable bonds is 5. The Morgan fingerprint density at radius 2 is 2.06 bits per heavy atom. The lowest BCUT2D eigenvalue weighted by Gasteiger charge is -2.11. The summed E-state index contributed by atoms with van der Waals surface area (Å²) >= 11 is 11.3. The number of hydrogen-bond acceptors (Lipinski definition) is 4. The molecule has 0 unspecified atom stereocenters. The van der Waals surface area contributed by atoms with E-state index in [4.69, 9.17) is 33.7 Å². The Balaban J connectivity index is 3.29. The molecule has 0 bridgehead atoms. The molecule has 0 heterocycles. The third-order valence-electron chi connectivity index (χ3n) is 2.05. The molecule has 1 aromatic rings. The van der Waals surface area contributed by atoms with E-state index < -0.39 is 9.84 Å². The number of hydrogen-bond donors (Lipinski definition) is 1. The van der Waals surface area contributed by atoms with Crippen molar-refractivity contribution in [3.05, 3.63) is 17.2 Å². The SMILES string of the molecule is CCOc1cc(S(=O)(=O)CCCl)c(Cl)cc1N. The smallest absolute Gasteiger partial charge is 0.181 e. The number of halogens is 2. The highest BCUT2D eigenvalue weighted by molar-refractivity contribution is 7.91. The fourth-order valence-electron chi connectivity index (χ4n) is 1.28. The molecule has 0 amide bonds. The Bertz CT molecular complexity index is 503. The molecule has 0 aliphatic rings. The third kappa shape index (κ3) is 3.40. The van der Waals surface area contributed by atoms with E-state index in [1.54, 1.807) is 6.92 Å². The zero-order valence-electron chi connectivity index (χ0n) is 9.24. The van der Waals surface area contributed by atoms with E-state index in [-0.39, 0.29) is 21.6 Å². The highest BCUT2D eigenvalue weighted by Gasteiger charge is 2.20. The van der Waals surface area contributed by atoms with Gasteiger partial charge in [-0.05, 0) is 13.0 Å². The maximum absolute atomic E-state index is 11.9. The van der Waals surface area contributed by atoms with Crippen LogP contribution < -0.4 is 10.5 Å². The number of nitrogens with two attached hydrogens (primary N) is 1. The third-order valence-corrected chi connectivity index (χ3v) is 4.63. The average molecular weight is 298 g/mol. The summed E-state index contributed by atoms with van der Waals surface area (Å²) in [6.07, 6.45) is 0. The number of benzene rings is 1. The van der Waals surface area contributed by atoms with Crippen molar-refractivity contribution in [1.82, 2.24) is 0 Å².